The lowest BCUT2D eigenvalue weighted by molar-refractivity contribution is 0.895. The van der Waals surface area contributed by atoms with Gasteiger partial charge in [-0.2, -0.15) is 0 Å². The Morgan fingerprint density at radius 1 is 1.45 bits per heavy atom. The molecule has 0 radical (unpaired) electrons. The number of nitrogens with one attached hydrogen (secondary N) is 1. The summed E-state index contributed by atoms with van der Waals surface area (Å²) < 4.78 is 0. The van der Waals surface area contributed by atoms with E-state index in [9.17, 15) is 0 Å². The molecule has 0 saturated carbocycles. The van der Waals surface area contributed by atoms with Crippen molar-refractivity contribution >= 4 is 0 Å². The minimum absolute atomic E-state index is 0.947. The van der Waals surface area contributed by atoms with Crippen molar-refractivity contribution in [2.24, 2.45) is 0 Å². The monoisotopic (exact) mass is 149 g/mol. The van der Waals surface area contributed by atoms with Crippen molar-refractivity contribution in [1.29, 1.82) is 0 Å². The molecule has 1 N–H and O–H groups in total. The van der Waals surface area contributed by atoms with E-state index in [0.717, 1.165) is 13.1 Å². The van der Waals surface area contributed by atoms with Crippen LogP contribution in [0.25, 0.3) is 0 Å². The van der Waals surface area contributed by atoms with Crippen LogP contribution in [-0.4, -0.2) is 13.1 Å². The van der Waals surface area contributed by atoms with Crippen molar-refractivity contribution in [2.45, 2.75) is 13.8 Å². The number of rotatable bonds is 1. The van der Waals surface area contributed by atoms with Crippen molar-refractivity contribution in [3.8, 4) is 0 Å². The Balaban J connectivity index is 2.66. The predicted octanol–water partition coefficient (Wildman–Crippen LogP) is 2.04. The summed E-state index contributed by atoms with van der Waals surface area (Å²) in [5.74, 6) is 0. The van der Waals surface area contributed by atoms with Crippen LogP contribution in [0, 0.1) is 0 Å². The van der Waals surface area contributed by atoms with Crippen LogP contribution in [0.3, 0.4) is 0 Å². The molecule has 0 amide bonds. The smallest absolute Gasteiger partial charge is 0.0211 e. The molecule has 1 aliphatic rings. The zero-order valence-corrected chi connectivity index (χ0v) is 7.28. The van der Waals surface area contributed by atoms with Gasteiger partial charge in [0.05, 0.1) is 0 Å². The second kappa shape index (κ2) is 3.54. The third-order valence-electron chi connectivity index (χ3n) is 1.73. The van der Waals surface area contributed by atoms with E-state index in [1.54, 1.807) is 0 Å². The van der Waals surface area contributed by atoms with E-state index in [0.29, 0.717) is 0 Å². The third-order valence-corrected chi connectivity index (χ3v) is 1.73. The average molecular weight is 149 g/mol. The van der Waals surface area contributed by atoms with E-state index < -0.39 is 0 Å². The van der Waals surface area contributed by atoms with Gasteiger partial charge >= 0.3 is 0 Å². The van der Waals surface area contributed by atoms with Crippen LogP contribution in [0.5, 0.6) is 0 Å². The highest BCUT2D eigenvalue weighted by atomic mass is 14.9. The van der Waals surface area contributed by atoms with Crippen LogP contribution in [0.15, 0.2) is 35.5 Å². The normalized spacial score (nSPS) is 20.9. The van der Waals surface area contributed by atoms with Gasteiger partial charge in [0.25, 0.3) is 0 Å². The van der Waals surface area contributed by atoms with Crippen LogP contribution < -0.4 is 5.32 Å². The fourth-order valence-corrected chi connectivity index (χ4v) is 1.03. The summed E-state index contributed by atoms with van der Waals surface area (Å²) in [4.78, 5) is 0. The van der Waals surface area contributed by atoms with E-state index >= 15 is 0 Å². The van der Waals surface area contributed by atoms with Gasteiger partial charge < -0.3 is 5.32 Å². The summed E-state index contributed by atoms with van der Waals surface area (Å²) in [5, 5.41) is 3.25. The van der Waals surface area contributed by atoms with Gasteiger partial charge in [-0.15, -0.1) is 0 Å². The molecular formula is C10H15N. The third kappa shape index (κ3) is 2.35. The van der Waals surface area contributed by atoms with Crippen LogP contribution >= 0.6 is 0 Å². The first-order valence-electron chi connectivity index (χ1n) is 3.93. The van der Waals surface area contributed by atoms with Gasteiger partial charge in [-0.3, -0.25) is 0 Å². The fraction of sp³-hybridized carbons (Fsp3) is 0.400. The molecule has 0 aromatic heterocycles. The maximum Gasteiger partial charge on any atom is 0.0211 e. The van der Waals surface area contributed by atoms with E-state index in [4.69, 9.17) is 0 Å². The Morgan fingerprint density at radius 2 is 2.18 bits per heavy atom. The lowest BCUT2D eigenvalue weighted by atomic mass is 10.1. The van der Waals surface area contributed by atoms with Gasteiger partial charge in [0.2, 0.25) is 0 Å². The van der Waals surface area contributed by atoms with Gasteiger partial charge in [-0.05, 0) is 25.0 Å². The molecule has 0 aliphatic carbocycles. The summed E-state index contributed by atoms with van der Waals surface area (Å²) in [6.45, 7) is 10.1. The molecule has 11 heavy (non-hydrogen) atoms. The van der Waals surface area contributed by atoms with Crippen LogP contribution in [0.4, 0.5) is 0 Å². The Morgan fingerprint density at radius 3 is 2.64 bits per heavy atom. The number of hydrogen-bond acceptors (Lipinski definition) is 1. The summed E-state index contributed by atoms with van der Waals surface area (Å²) in [5.41, 5.74) is 3.89. The topological polar surface area (TPSA) is 12.0 Å². The van der Waals surface area contributed by atoms with Crippen LogP contribution in [0.2, 0.25) is 0 Å². The highest BCUT2D eigenvalue weighted by Gasteiger charge is 2.08. The van der Waals surface area contributed by atoms with Gasteiger partial charge in [-0.1, -0.05) is 24.3 Å². The second-order valence-electron chi connectivity index (χ2n) is 3.14. The minimum atomic E-state index is 0.947. The van der Waals surface area contributed by atoms with Crippen molar-refractivity contribution in [2.75, 3.05) is 13.1 Å². The molecule has 1 heterocycles. The Bertz CT molecular complexity index is 217. The average Bonchev–Trinajstić information content (AvgIpc) is 2.31. The molecular weight excluding hydrogens is 134 g/mol. The Kier molecular flexibility index (Phi) is 2.66. The molecule has 0 spiro atoms. The Labute approximate surface area is 68.5 Å². The SMILES string of the molecule is C=C1CNC/C1=C/C=C(C)C. The summed E-state index contributed by atoms with van der Waals surface area (Å²) in [6, 6.07) is 0. The van der Waals surface area contributed by atoms with Gasteiger partial charge in [0, 0.05) is 13.1 Å². The molecule has 1 rings (SSSR count). The van der Waals surface area contributed by atoms with Gasteiger partial charge in [-0.25, -0.2) is 0 Å². The van der Waals surface area contributed by atoms with Gasteiger partial charge in [0.1, 0.15) is 0 Å². The van der Waals surface area contributed by atoms with E-state index in [2.05, 4.69) is 37.9 Å². The molecule has 0 unspecified atom stereocenters. The van der Waals surface area contributed by atoms with E-state index in [-0.39, 0.29) is 0 Å². The van der Waals surface area contributed by atoms with Crippen molar-refractivity contribution < 1.29 is 0 Å². The lowest BCUT2D eigenvalue weighted by Gasteiger charge is -1.93. The highest BCUT2D eigenvalue weighted by molar-refractivity contribution is 5.37. The molecule has 1 aliphatic heterocycles. The largest absolute Gasteiger partial charge is 0.309 e. The van der Waals surface area contributed by atoms with E-state index in [1.165, 1.54) is 16.7 Å². The fourth-order valence-electron chi connectivity index (χ4n) is 1.03. The first-order valence-corrected chi connectivity index (χ1v) is 3.93. The van der Waals surface area contributed by atoms with Crippen molar-refractivity contribution in [1.82, 2.24) is 5.32 Å². The maximum atomic E-state index is 3.95. The maximum absolute atomic E-state index is 3.95. The minimum Gasteiger partial charge on any atom is -0.309 e. The standard InChI is InChI=1S/C10H15N/c1-8(2)4-5-10-7-11-6-9(10)3/h4-5,11H,3,6-7H2,1-2H3/b10-5-. The molecule has 0 aromatic carbocycles. The Hall–Kier alpha value is -0.820. The number of hydrogen-bond donors (Lipinski definition) is 1. The molecule has 0 atom stereocenters. The van der Waals surface area contributed by atoms with Gasteiger partial charge in [0.15, 0.2) is 0 Å². The molecule has 1 heteroatoms. The molecule has 1 fully saturated rings. The van der Waals surface area contributed by atoms with Crippen LogP contribution in [-0.2, 0) is 0 Å². The zero-order valence-electron chi connectivity index (χ0n) is 7.28. The molecule has 0 bridgehead atoms. The summed E-state index contributed by atoms with van der Waals surface area (Å²) in [7, 11) is 0. The van der Waals surface area contributed by atoms with Crippen LogP contribution in [0.1, 0.15) is 13.8 Å². The van der Waals surface area contributed by atoms with Crippen molar-refractivity contribution in [3.05, 3.63) is 35.5 Å². The molecule has 1 saturated heterocycles. The second-order valence-corrected chi connectivity index (χ2v) is 3.14. The van der Waals surface area contributed by atoms with Crippen molar-refractivity contribution in [3.63, 3.8) is 0 Å². The lowest BCUT2D eigenvalue weighted by Crippen LogP contribution is -2.04. The quantitative estimate of drug-likeness (QED) is 0.601. The summed E-state index contributed by atoms with van der Waals surface area (Å²) in [6.07, 6.45) is 4.28. The molecule has 60 valence electrons. The summed E-state index contributed by atoms with van der Waals surface area (Å²) >= 11 is 0. The zero-order chi connectivity index (χ0) is 8.27. The van der Waals surface area contributed by atoms with E-state index in [1.807, 2.05) is 0 Å². The highest BCUT2D eigenvalue weighted by Crippen LogP contribution is 2.11. The molecule has 0 aromatic rings. The first kappa shape index (κ1) is 8.28. The first-order chi connectivity index (χ1) is 5.20. The predicted molar refractivity (Wildman–Crippen MR) is 49.5 cm³/mol. The molecule has 1 nitrogen and oxygen atoms in total. The number of allylic oxidation sites excluding steroid dienone is 3.